The predicted octanol–water partition coefficient (Wildman–Crippen LogP) is 0.708. The van der Waals surface area contributed by atoms with E-state index in [0.29, 0.717) is 6.54 Å². The largest absolute Gasteiger partial charge is 0.395 e. The molecule has 1 saturated heterocycles. The van der Waals surface area contributed by atoms with Gasteiger partial charge in [-0.15, -0.1) is 0 Å². The van der Waals surface area contributed by atoms with Crippen molar-refractivity contribution in [3.05, 3.63) is 0 Å². The quantitative estimate of drug-likeness (QED) is 0.651. The molecule has 0 bridgehead atoms. The summed E-state index contributed by atoms with van der Waals surface area (Å²) in [6.07, 6.45) is -0.197. The van der Waals surface area contributed by atoms with Gasteiger partial charge >= 0.3 is 0 Å². The van der Waals surface area contributed by atoms with Gasteiger partial charge in [0, 0.05) is 12.5 Å². The van der Waals surface area contributed by atoms with E-state index in [9.17, 15) is 8.78 Å². The number of likely N-dealkylation sites (N-methyl/N-ethyl adjacent to an activating group) is 1. The van der Waals surface area contributed by atoms with Gasteiger partial charge < -0.3 is 5.11 Å². The second-order valence-electron chi connectivity index (χ2n) is 2.96. The summed E-state index contributed by atoms with van der Waals surface area (Å²) < 4.78 is 25.3. The van der Waals surface area contributed by atoms with Gasteiger partial charge in [0.1, 0.15) is 0 Å². The van der Waals surface area contributed by atoms with Gasteiger partial charge in [0.15, 0.2) is 0 Å². The Morgan fingerprint density at radius 2 is 2.27 bits per heavy atom. The first-order valence-electron chi connectivity index (χ1n) is 3.82. The summed E-state index contributed by atoms with van der Waals surface area (Å²) in [7, 11) is 0. The third-order valence-corrected chi connectivity index (χ3v) is 2.10. The summed E-state index contributed by atoms with van der Waals surface area (Å²) in [6.45, 7) is 2.04. The fourth-order valence-electron chi connectivity index (χ4n) is 1.51. The summed E-state index contributed by atoms with van der Waals surface area (Å²) in [6, 6.07) is -0.338. The number of halogens is 2. The van der Waals surface area contributed by atoms with Gasteiger partial charge in [0.2, 0.25) is 0 Å². The molecular formula is C7H13F2NO. The Bertz CT molecular complexity index is 126. The van der Waals surface area contributed by atoms with Crippen molar-refractivity contribution in [1.29, 1.82) is 0 Å². The molecule has 1 rings (SSSR count). The zero-order chi connectivity index (χ0) is 8.48. The molecule has 1 unspecified atom stereocenters. The van der Waals surface area contributed by atoms with E-state index in [4.69, 9.17) is 5.11 Å². The van der Waals surface area contributed by atoms with E-state index in [1.54, 1.807) is 4.90 Å². The molecule has 1 fully saturated rings. The first-order valence-corrected chi connectivity index (χ1v) is 3.82. The molecular weight excluding hydrogens is 152 g/mol. The van der Waals surface area contributed by atoms with Crippen molar-refractivity contribution in [3.8, 4) is 0 Å². The highest BCUT2D eigenvalue weighted by molar-refractivity contribution is 4.89. The van der Waals surface area contributed by atoms with E-state index >= 15 is 0 Å². The van der Waals surface area contributed by atoms with Gasteiger partial charge in [0.25, 0.3) is 5.92 Å². The number of nitrogens with zero attached hydrogens (tertiary/aromatic N) is 1. The molecule has 0 amide bonds. The Hall–Kier alpha value is -0.220. The van der Waals surface area contributed by atoms with Crippen LogP contribution in [0.5, 0.6) is 0 Å². The molecule has 0 aromatic heterocycles. The van der Waals surface area contributed by atoms with E-state index in [0.717, 1.165) is 0 Å². The second-order valence-corrected chi connectivity index (χ2v) is 2.96. The lowest BCUT2D eigenvalue weighted by molar-refractivity contribution is 0.0122. The van der Waals surface area contributed by atoms with Gasteiger partial charge in [-0.1, -0.05) is 6.92 Å². The minimum Gasteiger partial charge on any atom is -0.395 e. The van der Waals surface area contributed by atoms with Crippen LogP contribution in [0.1, 0.15) is 13.3 Å². The molecule has 0 spiro atoms. The van der Waals surface area contributed by atoms with Crippen LogP contribution in [0, 0.1) is 0 Å². The third kappa shape index (κ3) is 1.87. The van der Waals surface area contributed by atoms with Crippen molar-refractivity contribution < 1.29 is 13.9 Å². The molecule has 1 heterocycles. The topological polar surface area (TPSA) is 23.5 Å². The maximum atomic E-state index is 12.7. The average Bonchev–Trinajstić information content (AvgIpc) is 2.25. The highest BCUT2D eigenvalue weighted by Crippen LogP contribution is 2.31. The van der Waals surface area contributed by atoms with Crippen LogP contribution in [0.25, 0.3) is 0 Å². The molecule has 11 heavy (non-hydrogen) atoms. The molecule has 1 atom stereocenters. The van der Waals surface area contributed by atoms with Gasteiger partial charge in [-0.25, -0.2) is 8.78 Å². The molecule has 0 aliphatic carbocycles. The summed E-state index contributed by atoms with van der Waals surface area (Å²) >= 11 is 0. The van der Waals surface area contributed by atoms with Crippen LogP contribution in [-0.2, 0) is 0 Å². The molecule has 2 nitrogen and oxygen atoms in total. The number of aliphatic hydroxyl groups is 1. The van der Waals surface area contributed by atoms with E-state index in [2.05, 4.69) is 0 Å². The maximum absolute atomic E-state index is 12.7. The molecule has 4 heteroatoms. The van der Waals surface area contributed by atoms with Gasteiger partial charge in [-0.3, -0.25) is 4.90 Å². The van der Waals surface area contributed by atoms with Crippen LogP contribution < -0.4 is 0 Å². The Balaban J connectivity index is 2.55. The molecule has 0 aromatic carbocycles. The minimum absolute atomic E-state index is 0.163. The number of likely N-dealkylation sites (tertiary alicyclic amines) is 1. The van der Waals surface area contributed by atoms with Crippen molar-refractivity contribution in [1.82, 2.24) is 4.90 Å². The van der Waals surface area contributed by atoms with Crippen LogP contribution in [-0.4, -0.2) is 41.7 Å². The molecule has 66 valence electrons. The highest BCUT2D eigenvalue weighted by Gasteiger charge is 2.43. The third-order valence-electron chi connectivity index (χ3n) is 2.10. The molecule has 0 radical (unpaired) electrons. The molecule has 1 N–H and O–H groups in total. The normalized spacial score (nSPS) is 31.1. The van der Waals surface area contributed by atoms with E-state index in [-0.39, 0.29) is 25.6 Å². The predicted molar refractivity (Wildman–Crippen MR) is 37.7 cm³/mol. The SMILES string of the molecule is CCN1CC(F)(F)CC1CO. The van der Waals surface area contributed by atoms with Crippen molar-refractivity contribution >= 4 is 0 Å². The van der Waals surface area contributed by atoms with Crippen molar-refractivity contribution in [2.45, 2.75) is 25.3 Å². The smallest absolute Gasteiger partial charge is 0.262 e. The minimum atomic E-state index is -2.59. The molecule has 1 aliphatic rings. The summed E-state index contributed by atoms with van der Waals surface area (Å²) in [4.78, 5) is 1.61. The average molecular weight is 165 g/mol. The maximum Gasteiger partial charge on any atom is 0.262 e. The van der Waals surface area contributed by atoms with Crippen LogP contribution >= 0.6 is 0 Å². The molecule has 0 saturated carbocycles. The number of rotatable bonds is 2. The Labute approximate surface area is 64.8 Å². The van der Waals surface area contributed by atoms with E-state index in [1.807, 2.05) is 6.92 Å². The van der Waals surface area contributed by atoms with Crippen molar-refractivity contribution in [2.75, 3.05) is 19.7 Å². The van der Waals surface area contributed by atoms with Gasteiger partial charge in [-0.05, 0) is 6.54 Å². The number of aliphatic hydroxyl groups excluding tert-OH is 1. The standard InChI is InChI=1S/C7H13F2NO/c1-2-10-5-7(8,9)3-6(10)4-11/h6,11H,2-5H2,1H3. The monoisotopic (exact) mass is 165 g/mol. The van der Waals surface area contributed by atoms with E-state index < -0.39 is 5.92 Å². The van der Waals surface area contributed by atoms with Crippen molar-refractivity contribution in [2.24, 2.45) is 0 Å². The Morgan fingerprint density at radius 3 is 2.64 bits per heavy atom. The Morgan fingerprint density at radius 1 is 1.64 bits per heavy atom. The van der Waals surface area contributed by atoms with Gasteiger partial charge in [-0.2, -0.15) is 0 Å². The Kier molecular flexibility index (Phi) is 2.44. The lowest BCUT2D eigenvalue weighted by atomic mass is 10.2. The number of alkyl halides is 2. The second kappa shape index (κ2) is 3.03. The van der Waals surface area contributed by atoms with Crippen LogP contribution in [0.4, 0.5) is 8.78 Å². The summed E-state index contributed by atoms with van der Waals surface area (Å²) in [5.41, 5.74) is 0. The zero-order valence-electron chi connectivity index (χ0n) is 6.56. The highest BCUT2D eigenvalue weighted by atomic mass is 19.3. The lowest BCUT2D eigenvalue weighted by Gasteiger charge is -2.18. The van der Waals surface area contributed by atoms with Crippen LogP contribution in [0.2, 0.25) is 0 Å². The first kappa shape index (κ1) is 8.87. The molecule has 0 aromatic rings. The zero-order valence-corrected chi connectivity index (χ0v) is 6.56. The van der Waals surface area contributed by atoms with Gasteiger partial charge in [0.05, 0.1) is 13.2 Å². The van der Waals surface area contributed by atoms with Crippen LogP contribution in [0.15, 0.2) is 0 Å². The summed E-state index contributed by atoms with van der Waals surface area (Å²) in [5, 5.41) is 8.72. The lowest BCUT2D eigenvalue weighted by Crippen LogP contribution is -2.32. The van der Waals surface area contributed by atoms with Crippen molar-refractivity contribution in [3.63, 3.8) is 0 Å². The van der Waals surface area contributed by atoms with E-state index in [1.165, 1.54) is 0 Å². The first-order chi connectivity index (χ1) is 5.09. The number of hydrogen-bond acceptors (Lipinski definition) is 2. The summed E-state index contributed by atoms with van der Waals surface area (Å²) in [5.74, 6) is -2.59. The molecule has 1 aliphatic heterocycles. The number of hydrogen-bond donors (Lipinski definition) is 1. The van der Waals surface area contributed by atoms with Crippen LogP contribution in [0.3, 0.4) is 0 Å². The fourth-order valence-corrected chi connectivity index (χ4v) is 1.51. The fraction of sp³-hybridized carbons (Fsp3) is 1.00.